The van der Waals surface area contributed by atoms with Gasteiger partial charge in [-0.1, -0.05) is 26.0 Å². The zero-order valence-electron chi connectivity index (χ0n) is 11.7. The molecule has 0 saturated carbocycles. The van der Waals surface area contributed by atoms with Crippen LogP contribution in [0.3, 0.4) is 0 Å². The summed E-state index contributed by atoms with van der Waals surface area (Å²) in [5.41, 5.74) is 7.20. The number of hydrogen-bond acceptors (Lipinski definition) is 2. The fraction of sp³-hybridized carbons (Fsp3) is 0.533. The maximum atomic E-state index is 11.2. The van der Waals surface area contributed by atoms with Crippen molar-refractivity contribution in [1.82, 2.24) is 0 Å². The Balaban J connectivity index is 2.43. The van der Waals surface area contributed by atoms with Gasteiger partial charge in [0, 0.05) is 5.41 Å². The second-order valence-electron chi connectivity index (χ2n) is 5.47. The molecule has 3 nitrogen and oxygen atoms in total. The van der Waals surface area contributed by atoms with E-state index in [1.165, 1.54) is 5.56 Å². The van der Waals surface area contributed by atoms with Gasteiger partial charge < -0.3 is 10.5 Å². The Kier molecular flexibility index (Phi) is 4.76. The summed E-state index contributed by atoms with van der Waals surface area (Å²) >= 11 is 0. The van der Waals surface area contributed by atoms with Crippen LogP contribution in [0.2, 0.25) is 0 Å². The van der Waals surface area contributed by atoms with Crippen molar-refractivity contribution in [2.24, 2.45) is 11.1 Å². The van der Waals surface area contributed by atoms with Crippen molar-refractivity contribution in [3.05, 3.63) is 29.3 Å². The molecule has 100 valence electrons. The van der Waals surface area contributed by atoms with Gasteiger partial charge in [-0.25, -0.2) is 0 Å². The molecule has 0 aliphatic carbocycles. The van der Waals surface area contributed by atoms with E-state index in [0.29, 0.717) is 6.61 Å². The highest BCUT2D eigenvalue weighted by atomic mass is 16.5. The molecule has 0 radical (unpaired) electrons. The molecule has 0 aliphatic rings. The zero-order valence-corrected chi connectivity index (χ0v) is 11.7. The number of benzene rings is 1. The number of hydrogen-bond donors (Lipinski definition) is 1. The summed E-state index contributed by atoms with van der Waals surface area (Å²) in [6.07, 6.45) is 1.57. The fourth-order valence-corrected chi connectivity index (χ4v) is 1.68. The lowest BCUT2D eigenvalue weighted by Crippen LogP contribution is -2.31. The lowest BCUT2D eigenvalue weighted by molar-refractivity contribution is -0.126. The van der Waals surface area contributed by atoms with Crippen molar-refractivity contribution >= 4 is 5.91 Å². The average Bonchev–Trinajstić information content (AvgIpc) is 2.28. The standard InChI is InChI=1S/C15H23NO2/c1-11-6-7-12(2)13(10-11)18-9-5-8-15(3,4)14(16)17/h6-7,10H,5,8-9H2,1-4H3,(H2,16,17). The Hall–Kier alpha value is -1.51. The van der Waals surface area contributed by atoms with Crippen LogP contribution in [0.4, 0.5) is 0 Å². The van der Waals surface area contributed by atoms with Crippen molar-refractivity contribution in [2.75, 3.05) is 6.61 Å². The summed E-state index contributed by atoms with van der Waals surface area (Å²) in [5, 5.41) is 0. The van der Waals surface area contributed by atoms with Gasteiger partial charge >= 0.3 is 0 Å². The summed E-state index contributed by atoms with van der Waals surface area (Å²) in [6.45, 7) is 8.42. The van der Waals surface area contributed by atoms with Gasteiger partial charge in [-0.15, -0.1) is 0 Å². The first kappa shape index (κ1) is 14.6. The Morgan fingerprint density at radius 2 is 2.00 bits per heavy atom. The van der Waals surface area contributed by atoms with E-state index >= 15 is 0 Å². The third kappa shape index (κ3) is 4.06. The van der Waals surface area contributed by atoms with Crippen LogP contribution in [0.25, 0.3) is 0 Å². The first-order valence-corrected chi connectivity index (χ1v) is 6.33. The summed E-state index contributed by atoms with van der Waals surface area (Å²) < 4.78 is 5.74. The number of carbonyl (C=O) groups excluding carboxylic acids is 1. The number of aryl methyl sites for hydroxylation is 2. The van der Waals surface area contributed by atoms with Gasteiger partial charge in [-0.05, 0) is 43.9 Å². The van der Waals surface area contributed by atoms with E-state index in [9.17, 15) is 4.79 Å². The number of carbonyl (C=O) groups is 1. The molecular weight excluding hydrogens is 226 g/mol. The Morgan fingerprint density at radius 3 is 2.61 bits per heavy atom. The minimum Gasteiger partial charge on any atom is -0.493 e. The molecule has 0 heterocycles. The van der Waals surface area contributed by atoms with E-state index in [1.54, 1.807) is 0 Å². The molecule has 0 fully saturated rings. The van der Waals surface area contributed by atoms with Crippen molar-refractivity contribution in [2.45, 2.75) is 40.5 Å². The molecule has 18 heavy (non-hydrogen) atoms. The third-order valence-electron chi connectivity index (χ3n) is 3.21. The van der Waals surface area contributed by atoms with Crippen LogP contribution in [0.1, 0.15) is 37.8 Å². The maximum absolute atomic E-state index is 11.2. The topological polar surface area (TPSA) is 52.3 Å². The van der Waals surface area contributed by atoms with Crippen molar-refractivity contribution in [1.29, 1.82) is 0 Å². The highest BCUT2D eigenvalue weighted by Crippen LogP contribution is 2.23. The van der Waals surface area contributed by atoms with E-state index in [4.69, 9.17) is 10.5 Å². The molecule has 1 aromatic rings. The van der Waals surface area contributed by atoms with Crippen molar-refractivity contribution < 1.29 is 9.53 Å². The number of nitrogens with two attached hydrogens (primary N) is 1. The molecule has 0 aliphatic heterocycles. The second-order valence-corrected chi connectivity index (χ2v) is 5.47. The molecule has 0 atom stereocenters. The summed E-state index contributed by atoms with van der Waals surface area (Å²) in [7, 11) is 0. The van der Waals surface area contributed by atoms with Gasteiger partial charge in [0.1, 0.15) is 5.75 Å². The monoisotopic (exact) mass is 249 g/mol. The highest BCUT2D eigenvalue weighted by Gasteiger charge is 2.23. The minimum atomic E-state index is -0.453. The number of amides is 1. The van der Waals surface area contributed by atoms with E-state index in [-0.39, 0.29) is 5.91 Å². The molecule has 0 spiro atoms. The largest absolute Gasteiger partial charge is 0.493 e. The molecule has 2 N–H and O–H groups in total. The van der Waals surface area contributed by atoms with Crippen LogP contribution in [0.5, 0.6) is 5.75 Å². The molecule has 1 aromatic carbocycles. The average molecular weight is 249 g/mol. The van der Waals surface area contributed by atoms with E-state index in [2.05, 4.69) is 12.1 Å². The molecular formula is C15H23NO2. The Bertz CT molecular complexity index is 425. The molecule has 0 aromatic heterocycles. The zero-order chi connectivity index (χ0) is 13.8. The molecule has 1 amide bonds. The van der Waals surface area contributed by atoms with Gasteiger partial charge in [0.2, 0.25) is 5.91 Å². The summed E-state index contributed by atoms with van der Waals surface area (Å²) in [5.74, 6) is 0.668. The van der Waals surface area contributed by atoms with Crippen molar-refractivity contribution in [3.8, 4) is 5.75 Å². The number of primary amides is 1. The minimum absolute atomic E-state index is 0.255. The predicted octanol–water partition coefficient (Wildman–Crippen LogP) is 2.97. The number of ether oxygens (including phenoxy) is 1. The highest BCUT2D eigenvalue weighted by molar-refractivity contribution is 5.79. The van der Waals surface area contributed by atoms with Crippen LogP contribution in [-0.4, -0.2) is 12.5 Å². The van der Waals surface area contributed by atoms with Gasteiger partial charge in [0.25, 0.3) is 0 Å². The molecule has 0 unspecified atom stereocenters. The van der Waals surface area contributed by atoms with Gasteiger partial charge in [0.15, 0.2) is 0 Å². The Labute approximate surface area is 109 Å². The van der Waals surface area contributed by atoms with Gasteiger partial charge in [0.05, 0.1) is 6.61 Å². The predicted molar refractivity (Wildman–Crippen MR) is 73.6 cm³/mol. The van der Waals surface area contributed by atoms with Crippen LogP contribution in [0.15, 0.2) is 18.2 Å². The van der Waals surface area contributed by atoms with Crippen LogP contribution in [-0.2, 0) is 4.79 Å². The van der Waals surface area contributed by atoms with E-state index < -0.39 is 5.41 Å². The maximum Gasteiger partial charge on any atom is 0.223 e. The molecule has 3 heteroatoms. The smallest absolute Gasteiger partial charge is 0.223 e. The van der Waals surface area contributed by atoms with Crippen LogP contribution >= 0.6 is 0 Å². The van der Waals surface area contributed by atoms with Crippen LogP contribution < -0.4 is 10.5 Å². The lowest BCUT2D eigenvalue weighted by atomic mass is 9.87. The number of rotatable bonds is 6. The van der Waals surface area contributed by atoms with E-state index in [1.807, 2.05) is 33.8 Å². The Morgan fingerprint density at radius 1 is 1.33 bits per heavy atom. The molecule has 1 rings (SSSR count). The quantitative estimate of drug-likeness (QED) is 0.788. The second kappa shape index (κ2) is 5.89. The molecule has 0 bridgehead atoms. The third-order valence-corrected chi connectivity index (χ3v) is 3.21. The van der Waals surface area contributed by atoms with Gasteiger partial charge in [-0.2, -0.15) is 0 Å². The van der Waals surface area contributed by atoms with Gasteiger partial charge in [-0.3, -0.25) is 4.79 Å². The normalized spacial score (nSPS) is 11.3. The summed E-state index contributed by atoms with van der Waals surface area (Å²) in [6, 6.07) is 6.16. The SMILES string of the molecule is Cc1ccc(C)c(OCCCC(C)(C)C(N)=O)c1. The van der Waals surface area contributed by atoms with Crippen molar-refractivity contribution in [3.63, 3.8) is 0 Å². The first-order chi connectivity index (χ1) is 8.33. The fourth-order valence-electron chi connectivity index (χ4n) is 1.68. The van der Waals surface area contributed by atoms with E-state index in [0.717, 1.165) is 24.2 Å². The molecule has 0 saturated heterocycles. The van der Waals surface area contributed by atoms with Crippen LogP contribution in [0, 0.1) is 19.3 Å². The lowest BCUT2D eigenvalue weighted by Gasteiger charge is -2.20. The first-order valence-electron chi connectivity index (χ1n) is 6.33. The summed E-state index contributed by atoms with van der Waals surface area (Å²) in [4.78, 5) is 11.2.